The summed E-state index contributed by atoms with van der Waals surface area (Å²) in [5.74, 6) is 1.05. The van der Waals surface area contributed by atoms with E-state index in [0.717, 1.165) is 18.8 Å². The van der Waals surface area contributed by atoms with E-state index in [-0.39, 0.29) is 0 Å². The average Bonchev–Trinajstić information content (AvgIpc) is 2.71. The highest BCUT2D eigenvalue weighted by atomic mass is 32.2. The van der Waals surface area contributed by atoms with Gasteiger partial charge < -0.3 is 5.32 Å². The van der Waals surface area contributed by atoms with Crippen LogP contribution in [0, 0.1) is 6.92 Å². The molecule has 1 aromatic carbocycles. The van der Waals surface area contributed by atoms with E-state index in [2.05, 4.69) is 41.2 Å². The monoisotopic (exact) mass is 222 g/mol. The highest BCUT2D eigenvalue weighted by Gasteiger charge is 2.12. The lowest BCUT2D eigenvalue weighted by atomic mass is 10.2. The number of aryl methyl sites for hydroxylation is 1. The van der Waals surface area contributed by atoms with E-state index in [9.17, 15) is 0 Å². The summed E-state index contributed by atoms with van der Waals surface area (Å²) in [6.45, 7) is 4.41. The van der Waals surface area contributed by atoms with Gasteiger partial charge in [0.2, 0.25) is 0 Å². The molecule has 1 fully saturated rings. The van der Waals surface area contributed by atoms with Crippen LogP contribution < -0.4 is 10.0 Å². The Balaban J connectivity index is 1.73. The van der Waals surface area contributed by atoms with Crippen LogP contribution in [0.2, 0.25) is 0 Å². The summed E-state index contributed by atoms with van der Waals surface area (Å²) in [5.41, 5.74) is 2.74. The Morgan fingerprint density at radius 1 is 1.53 bits per heavy atom. The number of benzene rings is 1. The molecule has 1 aliphatic heterocycles. The van der Waals surface area contributed by atoms with Crippen molar-refractivity contribution in [3.63, 3.8) is 0 Å². The molecular weight excluding hydrogens is 204 g/mol. The molecule has 1 heterocycles. The lowest BCUT2D eigenvalue weighted by Crippen LogP contribution is -2.25. The number of hydrogen-bond acceptors (Lipinski definition) is 3. The third-order valence-corrected chi connectivity index (χ3v) is 3.61. The van der Waals surface area contributed by atoms with Crippen LogP contribution in [0.4, 0.5) is 0 Å². The van der Waals surface area contributed by atoms with E-state index >= 15 is 0 Å². The molecule has 1 aliphatic rings. The van der Waals surface area contributed by atoms with E-state index in [0.29, 0.717) is 6.04 Å². The summed E-state index contributed by atoms with van der Waals surface area (Å²) < 4.78 is 3.50. The fourth-order valence-electron chi connectivity index (χ4n) is 1.80. The third-order valence-electron chi connectivity index (χ3n) is 2.63. The van der Waals surface area contributed by atoms with Crippen molar-refractivity contribution in [3.05, 3.63) is 35.4 Å². The van der Waals surface area contributed by atoms with Crippen LogP contribution in [0.25, 0.3) is 0 Å². The fourth-order valence-corrected chi connectivity index (χ4v) is 2.67. The Bertz CT molecular complexity index is 308. The molecule has 15 heavy (non-hydrogen) atoms. The zero-order chi connectivity index (χ0) is 10.5. The van der Waals surface area contributed by atoms with Gasteiger partial charge in [0.1, 0.15) is 0 Å². The molecule has 1 atom stereocenters. The van der Waals surface area contributed by atoms with E-state index in [4.69, 9.17) is 0 Å². The minimum atomic E-state index is 0.653. The molecule has 0 amide bonds. The normalized spacial score (nSPS) is 20.7. The molecule has 2 rings (SSSR count). The van der Waals surface area contributed by atoms with Gasteiger partial charge in [0, 0.05) is 18.3 Å². The highest BCUT2D eigenvalue weighted by Crippen LogP contribution is 2.12. The van der Waals surface area contributed by atoms with Gasteiger partial charge in [0.05, 0.1) is 0 Å². The number of rotatable bonds is 4. The Labute approximate surface area is 96.0 Å². The molecule has 82 valence electrons. The van der Waals surface area contributed by atoms with E-state index < -0.39 is 0 Å². The molecule has 2 nitrogen and oxygen atoms in total. The molecule has 0 spiro atoms. The Morgan fingerprint density at radius 3 is 3.20 bits per heavy atom. The van der Waals surface area contributed by atoms with Gasteiger partial charge in [-0.25, -0.2) is 0 Å². The van der Waals surface area contributed by atoms with Crippen LogP contribution >= 0.6 is 11.9 Å². The zero-order valence-electron chi connectivity index (χ0n) is 9.12. The molecule has 0 aliphatic carbocycles. The molecule has 0 bridgehead atoms. The van der Waals surface area contributed by atoms with Crippen molar-refractivity contribution in [2.45, 2.75) is 25.1 Å². The van der Waals surface area contributed by atoms with Crippen LogP contribution in [0.5, 0.6) is 0 Å². The second kappa shape index (κ2) is 5.54. The molecular formula is C12H18N2S. The van der Waals surface area contributed by atoms with E-state index in [1.54, 1.807) is 0 Å². The molecule has 0 radical (unpaired) electrons. The molecule has 0 saturated carbocycles. The molecule has 1 saturated heterocycles. The molecule has 1 aromatic rings. The predicted octanol–water partition coefficient (Wildman–Crippen LogP) is 2.09. The molecule has 2 N–H and O–H groups in total. The van der Waals surface area contributed by atoms with Crippen molar-refractivity contribution in [3.8, 4) is 0 Å². The topological polar surface area (TPSA) is 24.1 Å². The minimum Gasteiger partial charge on any atom is -0.315 e. The smallest absolute Gasteiger partial charge is 0.0330 e. The summed E-state index contributed by atoms with van der Waals surface area (Å²) in [5, 5.41) is 3.35. The van der Waals surface area contributed by atoms with Gasteiger partial charge >= 0.3 is 0 Å². The fraction of sp³-hybridized carbons (Fsp3) is 0.500. The van der Waals surface area contributed by atoms with Gasteiger partial charge in [-0.1, -0.05) is 41.8 Å². The molecule has 3 heteroatoms. The van der Waals surface area contributed by atoms with Crippen molar-refractivity contribution in [1.82, 2.24) is 10.0 Å². The second-order valence-electron chi connectivity index (χ2n) is 4.09. The lowest BCUT2D eigenvalue weighted by Gasteiger charge is -2.10. The van der Waals surface area contributed by atoms with Crippen LogP contribution in [0.15, 0.2) is 24.3 Å². The maximum absolute atomic E-state index is 3.50. The quantitative estimate of drug-likeness (QED) is 0.763. The predicted molar refractivity (Wildman–Crippen MR) is 66.9 cm³/mol. The Hall–Kier alpha value is -0.510. The van der Waals surface area contributed by atoms with Gasteiger partial charge in [-0.15, -0.1) is 0 Å². The first kappa shape index (κ1) is 11.0. The van der Waals surface area contributed by atoms with E-state index in [1.165, 1.54) is 17.5 Å². The average molecular weight is 222 g/mol. The molecule has 0 aromatic heterocycles. The van der Waals surface area contributed by atoms with Gasteiger partial charge in [0.15, 0.2) is 0 Å². The van der Waals surface area contributed by atoms with Crippen molar-refractivity contribution < 1.29 is 0 Å². The largest absolute Gasteiger partial charge is 0.315 e. The van der Waals surface area contributed by atoms with Crippen molar-refractivity contribution >= 4 is 11.9 Å². The van der Waals surface area contributed by atoms with E-state index in [1.807, 2.05) is 11.9 Å². The first-order valence-electron chi connectivity index (χ1n) is 5.48. The van der Waals surface area contributed by atoms with Gasteiger partial charge in [0.25, 0.3) is 0 Å². The van der Waals surface area contributed by atoms with Crippen LogP contribution in [-0.2, 0) is 5.75 Å². The molecule has 1 unspecified atom stereocenters. The minimum absolute atomic E-state index is 0.653. The zero-order valence-corrected chi connectivity index (χ0v) is 9.94. The summed E-state index contributed by atoms with van der Waals surface area (Å²) in [6, 6.07) is 9.36. The van der Waals surface area contributed by atoms with Crippen molar-refractivity contribution in [2.24, 2.45) is 0 Å². The summed E-state index contributed by atoms with van der Waals surface area (Å²) in [4.78, 5) is 0. The first-order valence-corrected chi connectivity index (χ1v) is 6.47. The Kier molecular flexibility index (Phi) is 4.06. The third kappa shape index (κ3) is 3.52. The number of hydrogen-bond donors (Lipinski definition) is 2. The second-order valence-corrected chi connectivity index (χ2v) is 4.90. The van der Waals surface area contributed by atoms with Crippen molar-refractivity contribution in [2.75, 3.05) is 13.1 Å². The van der Waals surface area contributed by atoms with Gasteiger partial charge in [-0.3, -0.25) is 4.72 Å². The first-order chi connectivity index (χ1) is 7.34. The maximum atomic E-state index is 3.50. The summed E-state index contributed by atoms with van der Waals surface area (Å²) in [7, 11) is 0. The highest BCUT2D eigenvalue weighted by molar-refractivity contribution is 7.96. The maximum Gasteiger partial charge on any atom is 0.0330 e. The summed E-state index contributed by atoms with van der Waals surface area (Å²) in [6.07, 6.45) is 1.25. The Morgan fingerprint density at radius 2 is 2.47 bits per heavy atom. The van der Waals surface area contributed by atoms with Crippen LogP contribution in [-0.4, -0.2) is 19.1 Å². The standard InChI is InChI=1S/C12H18N2S/c1-10-3-2-4-11(7-10)9-15-14-12-5-6-13-8-12/h2-4,7,12-14H,5-6,8-9H2,1H3. The summed E-state index contributed by atoms with van der Waals surface area (Å²) >= 11 is 1.82. The van der Waals surface area contributed by atoms with Crippen LogP contribution in [0.3, 0.4) is 0 Å². The number of nitrogens with one attached hydrogen (secondary N) is 2. The van der Waals surface area contributed by atoms with Crippen molar-refractivity contribution in [1.29, 1.82) is 0 Å². The van der Waals surface area contributed by atoms with Gasteiger partial charge in [-0.2, -0.15) is 0 Å². The lowest BCUT2D eigenvalue weighted by molar-refractivity contribution is 0.692. The van der Waals surface area contributed by atoms with Crippen LogP contribution in [0.1, 0.15) is 17.5 Å². The SMILES string of the molecule is Cc1cccc(CSNC2CCNC2)c1. The van der Waals surface area contributed by atoms with Gasteiger partial charge in [-0.05, 0) is 25.5 Å².